The zero-order valence-electron chi connectivity index (χ0n) is 17.4. The van der Waals surface area contributed by atoms with E-state index in [1.54, 1.807) is 19.4 Å². The summed E-state index contributed by atoms with van der Waals surface area (Å²) in [5, 5.41) is 0. The molecule has 0 amide bonds. The molecule has 1 fully saturated rings. The van der Waals surface area contributed by atoms with Gasteiger partial charge in [-0.1, -0.05) is 19.9 Å². The number of pyridine rings is 1. The Bertz CT molecular complexity index is 805. The van der Waals surface area contributed by atoms with Gasteiger partial charge in [-0.2, -0.15) is 0 Å². The van der Waals surface area contributed by atoms with Crippen molar-refractivity contribution in [2.24, 2.45) is 0 Å². The molecule has 28 heavy (non-hydrogen) atoms. The van der Waals surface area contributed by atoms with Gasteiger partial charge in [0.1, 0.15) is 5.75 Å². The van der Waals surface area contributed by atoms with Crippen LogP contribution < -0.4 is 10.3 Å². The van der Waals surface area contributed by atoms with Crippen LogP contribution in [0.3, 0.4) is 0 Å². The summed E-state index contributed by atoms with van der Waals surface area (Å²) in [6.45, 7) is 10.5. The fourth-order valence-electron chi connectivity index (χ4n) is 4.14. The van der Waals surface area contributed by atoms with Gasteiger partial charge in [0.25, 0.3) is 0 Å². The fraction of sp³-hybridized carbons (Fsp3) is 0.522. The summed E-state index contributed by atoms with van der Waals surface area (Å²) >= 11 is 0. The molecular formula is C23H33N3O2. The summed E-state index contributed by atoms with van der Waals surface area (Å²) in [6.07, 6.45) is 3.97. The second kappa shape index (κ2) is 9.89. The Balaban J connectivity index is 1.62. The first-order valence-electron chi connectivity index (χ1n) is 10.4. The first kappa shape index (κ1) is 20.6. The van der Waals surface area contributed by atoms with Gasteiger partial charge in [0, 0.05) is 30.9 Å². The SMILES string of the molecule is CCN(CC)Cc1cc(CN2CCC(c3cc[nH]c(=O)c3)CC2)ccc1OC. The minimum atomic E-state index is -0.00102. The van der Waals surface area contributed by atoms with E-state index in [1.165, 1.54) is 16.7 Å². The molecule has 152 valence electrons. The van der Waals surface area contributed by atoms with E-state index < -0.39 is 0 Å². The van der Waals surface area contributed by atoms with Gasteiger partial charge in [0.2, 0.25) is 5.56 Å². The number of ether oxygens (including phenoxy) is 1. The van der Waals surface area contributed by atoms with Gasteiger partial charge in [-0.3, -0.25) is 14.6 Å². The summed E-state index contributed by atoms with van der Waals surface area (Å²) in [5.41, 5.74) is 3.79. The predicted molar refractivity (Wildman–Crippen MR) is 114 cm³/mol. The minimum absolute atomic E-state index is 0.00102. The molecule has 0 radical (unpaired) electrons. The number of aromatic nitrogens is 1. The number of piperidine rings is 1. The van der Waals surface area contributed by atoms with E-state index in [2.05, 4.69) is 46.8 Å². The van der Waals surface area contributed by atoms with Crippen molar-refractivity contribution in [2.75, 3.05) is 33.3 Å². The van der Waals surface area contributed by atoms with Gasteiger partial charge >= 0.3 is 0 Å². The van der Waals surface area contributed by atoms with Crippen LogP contribution in [-0.4, -0.2) is 48.1 Å². The second-order valence-corrected chi connectivity index (χ2v) is 7.64. The van der Waals surface area contributed by atoms with E-state index in [0.717, 1.165) is 57.9 Å². The molecular weight excluding hydrogens is 350 g/mol. The number of hydrogen-bond donors (Lipinski definition) is 1. The van der Waals surface area contributed by atoms with E-state index in [4.69, 9.17) is 4.74 Å². The molecule has 5 heteroatoms. The number of likely N-dealkylation sites (tertiary alicyclic amines) is 1. The third kappa shape index (κ3) is 5.24. The maximum absolute atomic E-state index is 11.6. The molecule has 0 bridgehead atoms. The highest BCUT2D eigenvalue weighted by Crippen LogP contribution is 2.28. The summed E-state index contributed by atoms with van der Waals surface area (Å²) in [6, 6.07) is 10.4. The lowest BCUT2D eigenvalue weighted by Gasteiger charge is -2.32. The van der Waals surface area contributed by atoms with E-state index in [0.29, 0.717) is 5.92 Å². The third-order valence-corrected chi connectivity index (χ3v) is 5.90. The molecule has 2 aromatic rings. The predicted octanol–water partition coefficient (Wildman–Crippen LogP) is 3.60. The number of nitrogens with one attached hydrogen (secondary N) is 1. The maximum atomic E-state index is 11.6. The van der Waals surface area contributed by atoms with Crippen molar-refractivity contribution in [1.82, 2.24) is 14.8 Å². The Morgan fingerprint density at radius 1 is 1.14 bits per heavy atom. The highest BCUT2D eigenvalue weighted by molar-refractivity contribution is 5.37. The number of rotatable bonds is 8. The number of H-pyrrole nitrogens is 1. The molecule has 0 spiro atoms. The molecule has 1 saturated heterocycles. The van der Waals surface area contributed by atoms with Gasteiger partial charge in [-0.25, -0.2) is 0 Å². The molecule has 1 aromatic heterocycles. The van der Waals surface area contributed by atoms with Crippen molar-refractivity contribution in [3.05, 3.63) is 63.6 Å². The summed E-state index contributed by atoms with van der Waals surface area (Å²) in [5.74, 6) is 1.47. The van der Waals surface area contributed by atoms with Gasteiger partial charge in [0.15, 0.2) is 0 Å². The molecule has 1 N–H and O–H groups in total. The first-order valence-corrected chi connectivity index (χ1v) is 10.4. The van der Waals surface area contributed by atoms with Gasteiger partial charge in [-0.05, 0) is 74.3 Å². The number of nitrogens with zero attached hydrogens (tertiary/aromatic N) is 2. The van der Waals surface area contributed by atoms with E-state index in [1.807, 2.05) is 6.07 Å². The average Bonchev–Trinajstić information content (AvgIpc) is 2.72. The Morgan fingerprint density at radius 2 is 1.89 bits per heavy atom. The Labute approximate surface area is 168 Å². The average molecular weight is 384 g/mol. The minimum Gasteiger partial charge on any atom is -0.496 e. The van der Waals surface area contributed by atoms with Gasteiger partial charge in [0.05, 0.1) is 7.11 Å². The molecule has 1 aromatic carbocycles. The standard InChI is InChI=1S/C23H33N3O2/c1-4-25(5-2)17-21-14-18(6-7-22(21)28-3)16-26-12-9-19(10-13-26)20-8-11-24-23(27)15-20/h6-8,11,14-15,19H,4-5,9-10,12-13,16-17H2,1-3H3,(H,24,27). The Morgan fingerprint density at radius 3 is 2.54 bits per heavy atom. The van der Waals surface area contributed by atoms with Crippen LogP contribution >= 0.6 is 0 Å². The smallest absolute Gasteiger partial charge is 0.248 e. The maximum Gasteiger partial charge on any atom is 0.248 e. The van der Waals surface area contributed by atoms with Crippen molar-refractivity contribution in [1.29, 1.82) is 0 Å². The summed E-state index contributed by atoms with van der Waals surface area (Å²) in [7, 11) is 1.75. The second-order valence-electron chi connectivity index (χ2n) is 7.64. The lowest BCUT2D eigenvalue weighted by atomic mass is 9.90. The number of methoxy groups -OCH3 is 1. The first-order chi connectivity index (χ1) is 13.6. The van der Waals surface area contributed by atoms with Gasteiger partial charge in [-0.15, -0.1) is 0 Å². The topological polar surface area (TPSA) is 48.6 Å². The highest BCUT2D eigenvalue weighted by atomic mass is 16.5. The highest BCUT2D eigenvalue weighted by Gasteiger charge is 2.21. The zero-order chi connectivity index (χ0) is 19.9. The van der Waals surface area contributed by atoms with Gasteiger partial charge < -0.3 is 9.72 Å². The number of aromatic amines is 1. The van der Waals surface area contributed by atoms with Crippen LogP contribution in [0.5, 0.6) is 5.75 Å². The van der Waals surface area contributed by atoms with Crippen molar-refractivity contribution in [3.63, 3.8) is 0 Å². The number of hydrogen-bond acceptors (Lipinski definition) is 4. The molecule has 0 saturated carbocycles. The van der Waals surface area contributed by atoms with Crippen LogP contribution in [0.15, 0.2) is 41.3 Å². The van der Waals surface area contributed by atoms with Crippen molar-refractivity contribution >= 4 is 0 Å². The normalized spacial score (nSPS) is 15.9. The van der Waals surface area contributed by atoms with Crippen LogP contribution in [0.25, 0.3) is 0 Å². The monoisotopic (exact) mass is 383 g/mol. The van der Waals surface area contributed by atoms with Crippen LogP contribution in [0.2, 0.25) is 0 Å². The van der Waals surface area contributed by atoms with Crippen molar-refractivity contribution in [2.45, 2.75) is 45.7 Å². The van der Waals surface area contributed by atoms with Crippen LogP contribution in [-0.2, 0) is 13.1 Å². The van der Waals surface area contributed by atoms with E-state index in [9.17, 15) is 4.79 Å². The van der Waals surface area contributed by atoms with E-state index >= 15 is 0 Å². The quantitative estimate of drug-likeness (QED) is 0.757. The summed E-state index contributed by atoms with van der Waals surface area (Å²) < 4.78 is 5.58. The van der Waals surface area contributed by atoms with Crippen LogP contribution in [0, 0.1) is 0 Å². The fourth-order valence-corrected chi connectivity index (χ4v) is 4.14. The molecule has 1 aliphatic rings. The van der Waals surface area contributed by atoms with Crippen LogP contribution in [0.1, 0.15) is 49.3 Å². The van der Waals surface area contributed by atoms with Crippen LogP contribution in [0.4, 0.5) is 0 Å². The molecule has 0 aliphatic carbocycles. The molecule has 3 rings (SSSR count). The molecule has 2 heterocycles. The number of benzene rings is 1. The Kier molecular flexibility index (Phi) is 7.29. The molecule has 1 aliphatic heterocycles. The lowest BCUT2D eigenvalue weighted by molar-refractivity contribution is 0.204. The van der Waals surface area contributed by atoms with Crippen molar-refractivity contribution < 1.29 is 4.74 Å². The lowest BCUT2D eigenvalue weighted by Crippen LogP contribution is -2.32. The van der Waals surface area contributed by atoms with Crippen molar-refractivity contribution in [3.8, 4) is 5.75 Å². The zero-order valence-corrected chi connectivity index (χ0v) is 17.4. The molecule has 5 nitrogen and oxygen atoms in total. The molecule has 0 unspecified atom stereocenters. The third-order valence-electron chi connectivity index (χ3n) is 5.90. The Hall–Kier alpha value is -2.11. The summed E-state index contributed by atoms with van der Waals surface area (Å²) in [4.78, 5) is 19.2. The van der Waals surface area contributed by atoms with E-state index in [-0.39, 0.29) is 5.56 Å². The molecule has 0 atom stereocenters. The largest absolute Gasteiger partial charge is 0.496 e.